The minimum atomic E-state index is -5.02. The summed E-state index contributed by atoms with van der Waals surface area (Å²) in [6.45, 7) is 0. The molecule has 11 heteroatoms. The van der Waals surface area contributed by atoms with Crippen molar-refractivity contribution in [3.05, 3.63) is 210 Å². The summed E-state index contributed by atoms with van der Waals surface area (Å²) in [6, 6.07) is 58.0. The molecule has 0 fully saturated rings. The topological polar surface area (TPSA) is 78.3 Å². The Morgan fingerprint density at radius 2 is 0.866 bits per heavy atom. The summed E-state index contributed by atoms with van der Waals surface area (Å²) in [5, 5.41) is 20.9. The van der Waals surface area contributed by atoms with Crippen molar-refractivity contribution < 1.29 is 26.3 Å². The summed E-state index contributed by atoms with van der Waals surface area (Å²) in [4.78, 5) is 10.2. The molecule has 0 aliphatic rings. The molecular formula is C56H31F6N5. The first-order chi connectivity index (χ1) is 32.4. The number of rotatable bonds is 7. The summed E-state index contributed by atoms with van der Waals surface area (Å²) in [5.41, 5.74) is 6.57. The van der Waals surface area contributed by atoms with Gasteiger partial charge in [-0.05, 0) is 101 Å². The van der Waals surface area contributed by atoms with Gasteiger partial charge in [0.2, 0.25) is 0 Å². The van der Waals surface area contributed by atoms with Gasteiger partial charge in [-0.1, -0.05) is 109 Å². The van der Waals surface area contributed by atoms with Crippen LogP contribution in [-0.2, 0) is 12.4 Å². The molecule has 67 heavy (non-hydrogen) atoms. The van der Waals surface area contributed by atoms with Crippen molar-refractivity contribution in [2.75, 3.05) is 0 Å². The van der Waals surface area contributed by atoms with E-state index in [0.29, 0.717) is 72.5 Å². The van der Waals surface area contributed by atoms with E-state index in [1.165, 1.54) is 6.07 Å². The van der Waals surface area contributed by atoms with E-state index in [4.69, 9.17) is 9.97 Å². The number of halogens is 6. The first kappa shape index (κ1) is 42.2. The Labute approximate surface area is 379 Å². The second-order valence-electron chi connectivity index (χ2n) is 15.9. The fourth-order valence-electron chi connectivity index (χ4n) is 8.50. The Bertz CT molecular complexity index is 3430. The average Bonchev–Trinajstić information content (AvgIpc) is 3.69. The Morgan fingerprint density at radius 3 is 1.40 bits per heavy atom. The quantitative estimate of drug-likeness (QED) is 0.149. The van der Waals surface area contributed by atoms with Gasteiger partial charge in [0.1, 0.15) is 0 Å². The Balaban J connectivity index is 1.29. The molecule has 0 spiro atoms. The van der Waals surface area contributed by atoms with Gasteiger partial charge in [-0.25, -0.2) is 9.97 Å². The highest BCUT2D eigenvalue weighted by Gasteiger charge is 2.37. The molecule has 2 aromatic heterocycles. The second kappa shape index (κ2) is 16.6. The van der Waals surface area contributed by atoms with Crippen LogP contribution in [0.3, 0.4) is 0 Å². The summed E-state index contributed by atoms with van der Waals surface area (Å²) in [6.07, 6.45) is -10.0. The van der Waals surface area contributed by atoms with Gasteiger partial charge in [-0.2, -0.15) is 36.9 Å². The molecule has 322 valence electrons. The number of para-hydroxylation sites is 1. The van der Waals surface area contributed by atoms with Crippen molar-refractivity contribution in [2.24, 2.45) is 0 Å². The molecule has 2 heterocycles. The van der Waals surface area contributed by atoms with Crippen LogP contribution in [0.1, 0.15) is 22.3 Å². The van der Waals surface area contributed by atoms with Crippen molar-refractivity contribution in [1.82, 2.24) is 14.5 Å². The van der Waals surface area contributed by atoms with Gasteiger partial charge in [0.05, 0.1) is 62.5 Å². The lowest BCUT2D eigenvalue weighted by Gasteiger charge is -2.21. The van der Waals surface area contributed by atoms with E-state index >= 15 is 0 Å². The zero-order valence-electron chi connectivity index (χ0n) is 34.9. The molecule has 8 aromatic carbocycles. The van der Waals surface area contributed by atoms with Gasteiger partial charge in [-0.3, -0.25) is 0 Å². The van der Waals surface area contributed by atoms with Crippen LogP contribution in [0, 0.1) is 22.7 Å². The second-order valence-corrected chi connectivity index (χ2v) is 15.9. The van der Waals surface area contributed by atoms with Gasteiger partial charge in [0.15, 0.2) is 5.82 Å². The molecule has 0 bridgehead atoms. The molecule has 0 saturated carbocycles. The number of hydrogen-bond donors (Lipinski definition) is 0. The van der Waals surface area contributed by atoms with E-state index in [9.17, 15) is 36.9 Å². The smallest absolute Gasteiger partial charge is 0.308 e. The van der Waals surface area contributed by atoms with Gasteiger partial charge < -0.3 is 4.57 Å². The summed E-state index contributed by atoms with van der Waals surface area (Å²) in [5.74, 6) is 0.502. The highest BCUT2D eigenvalue weighted by molar-refractivity contribution is 6.12. The number of benzene rings is 8. The summed E-state index contributed by atoms with van der Waals surface area (Å²) in [7, 11) is 0. The molecule has 0 atom stereocenters. The maximum Gasteiger partial charge on any atom is 0.416 e. The zero-order chi connectivity index (χ0) is 46.5. The van der Waals surface area contributed by atoms with Crippen molar-refractivity contribution in [3.8, 4) is 85.1 Å². The van der Waals surface area contributed by atoms with Gasteiger partial charge in [0, 0.05) is 38.6 Å². The van der Waals surface area contributed by atoms with Crippen LogP contribution in [-0.4, -0.2) is 14.5 Å². The van der Waals surface area contributed by atoms with E-state index in [2.05, 4.69) is 12.1 Å². The Hall–Kier alpha value is -8.80. The number of hydrogen-bond acceptors (Lipinski definition) is 4. The average molecular weight is 888 g/mol. The van der Waals surface area contributed by atoms with Crippen molar-refractivity contribution >= 4 is 21.8 Å². The fourth-order valence-corrected chi connectivity index (χ4v) is 8.50. The fraction of sp³-hybridized carbons (Fsp3) is 0.0357. The van der Waals surface area contributed by atoms with E-state index < -0.39 is 23.5 Å². The normalized spacial score (nSPS) is 11.7. The van der Waals surface area contributed by atoms with Crippen LogP contribution in [0.4, 0.5) is 26.3 Å². The molecule has 0 N–H and O–H groups in total. The van der Waals surface area contributed by atoms with Gasteiger partial charge >= 0.3 is 12.4 Å². The third kappa shape index (κ3) is 8.04. The number of nitrogens with zero attached hydrogens (tertiary/aromatic N) is 5. The van der Waals surface area contributed by atoms with Crippen LogP contribution < -0.4 is 0 Å². The third-order valence-corrected chi connectivity index (χ3v) is 11.7. The summed E-state index contributed by atoms with van der Waals surface area (Å²) < 4.78 is 86.4. The predicted molar refractivity (Wildman–Crippen MR) is 248 cm³/mol. The number of alkyl halides is 6. The first-order valence-electron chi connectivity index (χ1n) is 20.9. The van der Waals surface area contributed by atoms with Crippen LogP contribution in [0.2, 0.25) is 0 Å². The molecular weight excluding hydrogens is 857 g/mol. The Kier molecular flexibility index (Phi) is 10.5. The molecule has 0 unspecified atom stereocenters. The molecule has 10 rings (SSSR count). The van der Waals surface area contributed by atoms with Gasteiger partial charge in [-0.15, -0.1) is 0 Å². The molecule has 0 aliphatic heterocycles. The van der Waals surface area contributed by atoms with Crippen molar-refractivity contribution in [2.45, 2.75) is 12.4 Å². The van der Waals surface area contributed by atoms with E-state index in [0.717, 1.165) is 34.4 Å². The predicted octanol–water partition coefficient (Wildman–Crippen LogP) is 15.4. The standard InChI is InChI=1S/C56H31F6N5/c57-55(58,59)43-25-41(26-44(30-43)56(60,61)62)40-23-24-52-48(27-40)45-13-7-8-14-51(45)67(52)53-46(36-19-15-34(32-63)16-20-36)28-42(29-47(53)37-21-17-35(33-64)18-22-37)50-31-49(38-9-3-1-4-10-38)65-54(66-50)39-11-5-2-6-12-39/h1-31H. The minimum absolute atomic E-state index is 0.124. The lowest BCUT2D eigenvalue weighted by molar-refractivity contribution is -0.143. The van der Waals surface area contributed by atoms with E-state index in [-0.39, 0.29) is 17.2 Å². The van der Waals surface area contributed by atoms with Crippen molar-refractivity contribution in [1.29, 1.82) is 10.5 Å². The Morgan fingerprint density at radius 1 is 0.388 bits per heavy atom. The SMILES string of the molecule is N#Cc1ccc(-c2cc(-c3cc(-c4ccccc4)nc(-c4ccccc4)n3)cc(-c3ccc(C#N)cc3)c2-n2c3ccccc3c3cc(-c4cc(C(F)(F)F)cc(C(F)(F)F)c4)ccc32)cc1. The van der Waals surface area contributed by atoms with Crippen molar-refractivity contribution in [3.63, 3.8) is 0 Å². The highest BCUT2D eigenvalue weighted by atomic mass is 19.4. The molecule has 0 amide bonds. The molecule has 5 nitrogen and oxygen atoms in total. The largest absolute Gasteiger partial charge is 0.416 e. The maximum atomic E-state index is 14.1. The maximum absolute atomic E-state index is 14.1. The molecule has 0 radical (unpaired) electrons. The first-order valence-corrected chi connectivity index (χ1v) is 20.9. The summed E-state index contributed by atoms with van der Waals surface area (Å²) >= 11 is 0. The minimum Gasteiger partial charge on any atom is -0.308 e. The number of nitriles is 2. The zero-order valence-corrected chi connectivity index (χ0v) is 34.9. The van der Waals surface area contributed by atoms with Gasteiger partial charge in [0.25, 0.3) is 0 Å². The molecule has 0 aliphatic carbocycles. The highest BCUT2D eigenvalue weighted by Crippen LogP contribution is 2.46. The lowest BCUT2D eigenvalue weighted by atomic mass is 9.91. The molecule has 10 aromatic rings. The molecule has 0 saturated heterocycles. The number of aromatic nitrogens is 3. The van der Waals surface area contributed by atoms with Crippen LogP contribution in [0.15, 0.2) is 188 Å². The monoisotopic (exact) mass is 887 g/mol. The lowest BCUT2D eigenvalue weighted by Crippen LogP contribution is -2.11. The third-order valence-electron chi connectivity index (χ3n) is 11.7. The van der Waals surface area contributed by atoms with Crippen LogP contribution in [0.25, 0.3) is 94.8 Å². The van der Waals surface area contributed by atoms with Crippen LogP contribution in [0.5, 0.6) is 0 Å². The van der Waals surface area contributed by atoms with Crippen LogP contribution >= 0.6 is 0 Å². The van der Waals surface area contributed by atoms with E-state index in [1.54, 1.807) is 36.4 Å². The van der Waals surface area contributed by atoms with E-state index in [1.807, 2.05) is 132 Å². The number of fused-ring (bicyclic) bond motifs is 3.